The number of hydrogen-bond acceptors (Lipinski definition) is 5. The van der Waals surface area contributed by atoms with Crippen LogP contribution < -0.4 is 10.6 Å². The highest BCUT2D eigenvalue weighted by atomic mass is 16.3. The SMILES string of the molecule is O=Cc1c(O)ccc2cc(-c3ccc(C(=O)NCC4CCCCN4)o3)ccc12. The lowest BCUT2D eigenvalue weighted by Gasteiger charge is -2.23. The number of amides is 1. The molecular formula is C22H22N2O4. The maximum atomic E-state index is 12.4. The first-order valence-corrected chi connectivity index (χ1v) is 9.48. The summed E-state index contributed by atoms with van der Waals surface area (Å²) in [5.74, 6) is 0.570. The lowest BCUT2D eigenvalue weighted by molar-refractivity contribution is 0.0920. The van der Waals surface area contributed by atoms with Crippen LogP contribution in [0.25, 0.3) is 22.1 Å². The Balaban J connectivity index is 1.51. The Labute approximate surface area is 162 Å². The summed E-state index contributed by atoms with van der Waals surface area (Å²) in [6, 6.07) is 12.4. The van der Waals surface area contributed by atoms with Crippen molar-refractivity contribution >= 4 is 23.0 Å². The average Bonchev–Trinajstić information content (AvgIpc) is 3.23. The summed E-state index contributed by atoms with van der Waals surface area (Å²) in [5.41, 5.74) is 1.06. The van der Waals surface area contributed by atoms with Crippen molar-refractivity contribution in [3.05, 3.63) is 53.8 Å². The number of benzene rings is 2. The monoisotopic (exact) mass is 378 g/mol. The second-order valence-corrected chi connectivity index (χ2v) is 7.07. The second kappa shape index (κ2) is 7.86. The van der Waals surface area contributed by atoms with Crippen LogP contribution in [0.3, 0.4) is 0 Å². The van der Waals surface area contributed by atoms with Crippen molar-refractivity contribution < 1.29 is 19.1 Å². The predicted octanol–water partition coefficient (Wildman–Crippen LogP) is 3.49. The molecular weight excluding hydrogens is 356 g/mol. The number of nitrogens with one attached hydrogen (secondary N) is 2. The van der Waals surface area contributed by atoms with Gasteiger partial charge in [-0.05, 0) is 54.4 Å². The first-order valence-electron chi connectivity index (χ1n) is 9.48. The Kier molecular flexibility index (Phi) is 5.12. The Hall–Kier alpha value is -3.12. The van der Waals surface area contributed by atoms with E-state index < -0.39 is 0 Å². The molecule has 144 valence electrons. The molecule has 1 atom stereocenters. The van der Waals surface area contributed by atoms with Gasteiger partial charge in [0.25, 0.3) is 5.91 Å². The van der Waals surface area contributed by atoms with E-state index in [4.69, 9.17) is 4.42 Å². The van der Waals surface area contributed by atoms with Gasteiger partial charge >= 0.3 is 0 Å². The number of furan rings is 1. The molecule has 1 fully saturated rings. The molecule has 1 amide bonds. The minimum absolute atomic E-state index is 0.0420. The van der Waals surface area contributed by atoms with E-state index in [1.54, 1.807) is 30.3 Å². The standard InChI is InChI=1S/C22H22N2O4/c25-13-18-17-6-4-15(11-14(17)5-7-19(18)26)20-8-9-21(28-20)22(27)24-12-16-3-1-2-10-23-16/h4-9,11,13,16,23,26H,1-3,10,12H2,(H,24,27). The summed E-state index contributed by atoms with van der Waals surface area (Å²) in [5, 5.41) is 17.6. The first-order chi connectivity index (χ1) is 13.7. The van der Waals surface area contributed by atoms with Gasteiger partial charge in [-0.3, -0.25) is 9.59 Å². The molecule has 1 aromatic heterocycles. The fourth-order valence-corrected chi connectivity index (χ4v) is 3.64. The van der Waals surface area contributed by atoms with Crippen LogP contribution in [-0.2, 0) is 0 Å². The number of aromatic hydroxyl groups is 1. The van der Waals surface area contributed by atoms with Crippen molar-refractivity contribution in [1.82, 2.24) is 10.6 Å². The van der Waals surface area contributed by atoms with Gasteiger partial charge in [-0.25, -0.2) is 0 Å². The zero-order valence-electron chi connectivity index (χ0n) is 15.4. The highest BCUT2D eigenvalue weighted by Crippen LogP contribution is 2.30. The van der Waals surface area contributed by atoms with Crippen LogP contribution in [0.4, 0.5) is 0 Å². The highest BCUT2D eigenvalue weighted by molar-refractivity contribution is 6.02. The number of piperidine rings is 1. The highest BCUT2D eigenvalue weighted by Gasteiger charge is 2.17. The van der Waals surface area contributed by atoms with Crippen molar-refractivity contribution in [1.29, 1.82) is 0 Å². The molecule has 1 saturated heterocycles. The van der Waals surface area contributed by atoms with Crippen molar-refractivity contribution in [3.63, 3.8) is 0 Å². The molecule has 1 aliphatic rings. The van der Waals surface area contributed by atoms with E-state index in [0.717, 1.165) is 23.9 Å². The molecule has 0 saturated carbocycles. The lowest BCUT2D eigenvalue weighted by atomic mass is 10.0. The van der Waals surface area contributed by atoms with E-state index in [9.17, 15) is 14.7 Å². The van der Waals surface area contributed by atoms with Gasteiger partial charge in [-0.2, -0.15) is 0 Å². The lowest BCUT2D eigenvalue weighted by Crippen LogP contribution is -2.43. The average molecular weight is 378 g/mol. The van der Waals surface area contributed by atoms with Gasteiger partial charge in [0, 0.05) is 18.2 Å². The summed E-state index contributed by atoms with van der Waals surface area (Å²) in [6.07, 6.45) is 4.09. The molecule has 3 N–H and O–H groups in total. The van der Waals surface area contributed by atoms with E-state index in [1.165, 1.54) is 18.9 Å². The van der Waals surface area contributed by atoms with Gasteiger partial charge < -0.3 is 20.2 Å². The van der Waals surface area contributed by atoms with Crippen molar-refractivity contribution in [2.45, 2.75) is 25.3 Å². The Morgan fingerprint density at radius 1 is 1.21 bits per heavy atom. The van der Waals surface area contributed by atoms with Gasteiger partial charge in [0.05, 0.1) is 5.56 Å². The molecule has 3 aromatic rings. The van der Waals surface area contributed by atoms with Gasteiger partial charge in [-0.1, -0.05) is 24.6 Å². The largest absolute Gasteiger partial charge is 0.507 e. The summed E-state index contributed by atoms with van der Waals surface area (Å²) < 4.78 is 5.75. The number of fused-ring (bicyclic) bond motifs is 1. The molecule has 0 bridgehead atoms. The maximum absolute atomic E-state index is 12.4. The second-order valence-electron chi connectivity index (χ2n) is 7.07. The summed E-state index contributed by atoms with van der Waals surface area (Å²) in [6.45, 7) is 1.58. The molecule has 28 heavy (non-hydrogen) atoms. The number of hydrogen-bond donors (Lipinski definition) is 3. The third kappa shape index (κ3) is 3.64. The summed E-state index contributed by atoms with van der Waals surface area (Å²) >= 11 is 0. The van der Waals surface area contributed by atoms with Gasteiger partial charge in [0.1, 0.15) is 11.5 Å². The van der Waals surface area contributed by atoms with Crippen LogP contribution >= 0.6 is 0 Å². The van der Waals surface area contributed by atoms with Crippen LogP contribution in [0.15, 0.2) is 46.9 Å². The van der Waals surface area contributed by atoms with Crippen molar-refractivity contribution in [2.24, 2.45) is 0 Å². The van der Waals surface area contributed by atoms with Crippen LogP contribution in [0.1, 0.15) is 40.2 Å². The van der Waals surface area contributed by atoms with E-state index in [2.05, 4.69) is 10.6 Å². The Bertz CT molecular complexity index is 1020. The van der Waals surface area contributed by atoms with Crippen molar-refractivity contribution in [2.75, 3.05) is 13.1 Å². The third-order valence-corrected chi connectivity index (χ3v) is 5.19. The minimum atomic E-state index is -0.229. The molecule has 4 rings (SSSR count). The van der Waals surface area contributed by atoms with Crippen LogP contribution in [0.2, 0.25) is 0 Å². The molecule has 0 spiro atoms. The molecule has 6 heteroatoms. The number of rotatable bonds is 5. The zero-order valence-corrected chi connectivity index (χ0v) is 15.4. The van der Waals surface area contributed by atoms with Gasteiger partial charge in [0.15, 0.2) is 12.0 Å². The van der Waals surface area contributed by atoms with E-state index >= 15 is 0 Å². The van der Waals surface area contributed by atoms with Crippen LogP contribution in [0.5, 0.6) is 5.75 Å². The predicted molar refractivity (Wildman–Crippen MR) is 107 cm³/mol. The van der Waals surface area contributed by atoms with E-state index in [1.807, 2.05) is 6.07 Å². The topological polar surface area (TPSA) is 91.6 Å². The molecule has 6 nitrogen and oxygen atoms in total. The molecule has 0 radical (unpaired) electrons. The quantitative estimate of drug-likeness (QED) is 0.591. The summed E-state index contributed by atoms with van der Waals surface area (Å²) in [4.78, 5) is 23.6. The number of phenolic OH excluding ortho intramolecular Hbond substituents is 1. The van der Waals surface area contributed by atoms with Crippen LogP contribution in [0, 0.1) is 0 Å². The van der Waals surface area contributed by atoms with Crippen LogP contribution in [-0.4, -0.2) is 36.4 Å². The molecule has 0 aliphatic carbocycles. The number of carbonyl (C=O) groups is 2. The Morgan fingerprint density at radius 3 is 2.89 bits per heavy atom. The van der Waals surface area contributed by atoms with Gasteiger partial charge in [0.2, 0.25) is 0 Å². The third-order valence-electron chi connectivity index (χ3n) is 5.19. The molecule has 2 aromatic carbocycles. The maximum Gasteiger partial charge on any atom is 0.287 e. The smallest absolute Gasteiger partial charge is 0.287 e. The van der Waals surface area contributed by atoms with Crippen molar-refractivity contribution in [3.8, 4) is 17.1 Å². The first kappa shape index (κ1) is 18.3. The minimum Gasteiger partial charge on any atom is -0.507 e. The summed E-state index contributed by atoms with van der Waals surface area (Å²) in [7, 11) is 0. The van der Waals surface area contributed by atoms with E-state index in [0.29, 0.717) is 30.0 Å². The number of phenols is 1. The Morgan fingerprint density at radius 2 is 2.11 bits per heavy atom. The zero-order chi connectivity index (χ0) is 19.5. The normalized spacial score (nSPS) is 16.8. The van der Waals surface area contributed by atoms with Gasteiger partial charge in [-0.15, -0.1) is 0 Å². The van der Waals surface area contributed by atoms with E-state index in [-0.39, 0.29) is 23.0 Å². The molecule has 1 unspecified atom stereocenters. The molecule has 1 aliphatic heterocycles. The molecule has 2 heterocycles. The number of carbonyl (C=O) groups excluding carboxylic acids is 2. The fourth-order valence-electron chi connectivity index (χ4n) is 3.64. The fraction of sp³-hybridized carbons (Fsp3) is 0.273. The number of aldehydes is 1.